The molecular formula is C3H4N4O4S. The van der Waals surface area contributed by atoms with Crippen LogP contribution in [0.2, 0.25) is 0 Å². The standard InChI is InChI=1S/C3H4N4O4S/c4-11-12(8,9)10-3-6-1-5-2-7-3/h1-2H,4H2. The first-order valence-corrected chi connectivity index (χ1v) is 3.92. The van der Waals surface area contributed by atoms with E-state index >= 15 is 0 Å². The number of aromatic nitrogens is 3. The molecule has 9 heteroatoms. The Balaban J connectivity index is 2.78. The van der Waals surface area contributed by atoms with Gasteiger partial charge in [0.1, 0.15) is 12.7 Å². The minimum absolute atomic E-state index is 0.407. The smallest absolute Gasteiger partial charge is 0.321 e. The molecule has 0 radical (unpaired) electrons. The number of hydrogen-bond donors (Lipinski definition) is 1. The van der Waals surface area contributed by atoms with Gasteiger partial charge in [0.05, 0.1) is 0 Å². The summed E-state index contributed by atoms with van der Waals surface area (Å²) in [7, 11) is -4.25. The van der Waals surface area contributed by atoms with Crippen molar-refractivity contribution in [1.82, 2.24) is 15.0 Å². The van der Waals surface area contributed by atoms with E-state index in [4.69, 9.17) is 0 Å². The molecule has 0 amide bonds. The van der Waals surface area contributed by atoms with E-state index in [1.54, 1.807) is 0 Å². The highest BCUT2D eigenvalue weighted by Crippen LogP contribution is 2.00. The van der Waals surface area contributed by atoms with Crippen LogP contribution in [0.15, 0.2) is 12.7 Å². The molecule has 0 bridgehead atoms. The van der Waals surface area contributed by atoms with E-state index in [2.05, 4.69) is 29.3 Å². The van der Waals surface area contributed by atoms with Crippen molar-refractivity contribution in [3.63, 3.8) is 0 Å². The summed E-state index contributed by atoms with van der Waals surface area (Å²) in [6, 6.07) is -0.407. The molecule has 0 spiro atoms. The third-order valence-corrected chi connectivity index (χ3v) is 1.35. The van der Waals surface area contributed by atoms with Crippen LogP contribution in [0.5, 0.6) is 6.01 Å². The molecular weight excluding hydrogens is 188 g/mol. The fourth-order valence-corrected chi connectivity index (χ4v) is 0.690. The van der Waals surface area contributed by atoms with Crippen molar-refractivity contribution in [2.24, 2.45) is 5.90 Å². The van der Waals surface area contributed by atoms with Crippen LogP contribution in [0.4, 0.5) is 0 Å². The zero-order valence-corrected chi connectivity index (χ0v) is 6.43. The van der Waals surface area contributed by atoms with E-state index in [-0.39, 0.29) is 0 Å². The van der Waals surface area contributed by atoms with Crippen LogP contribution in [-0.4, -0.2) is 23.4 Å². The maximum Gasteiger partial charge on any atom is 0.468 e. The highest BCUT2D eigenvalue weighted by atomic mass is 32.3. The average Bonchev–Trinajstić information content (AvgIpc) is 2.06. The summed E-state index contributed by atoms with van der Waals surface area (Å²) in [5, 5.41) is 0. The van der Waals surface area contributed by atoms with Crippen molar-refractivity contribution in [2.75, 3.05) is 0 Å². The zero-order chi connectivity index (χ0) is 9.03. The lowest BCUT2D eigenvalue weighted by Crippen LogP contribution is -2.18. The molecule has 1 aromatic heterocycles. The first kappa shape index (κ1) is 8.77. The Kier molecular flexibility index (Phi) is 2.47. The van der Waals surface area contributed by atoms with E-state index < -0.39 is 16.4 Å². The summed E-state index contributed by atoms with van der Waals surface area (Å²) in [6.45, 7) is 0. The number of nitrogens with zero attached hydrogens (tertiary/aromatic N) is 3. The maximum atomic E-state index is 10.5. The molecule has 0 saturated heterocycles. The SMILES string of the molecule is NOS(=O)(=O)Oc1ncncn1. The predicted octanol–water partition coefficient (Wildman–Crippen LogP) is -1.61. The van der Waals surface area contributed by atoms with Gasteiger partial charge in [0, 0.05) is 0 Å². The Morgan fingerprint density at radius 2 is 1.92 bits per heavy atom. The highest BCUT2D eigenvalue weighted by molar-refractivity contribution is 7.82. The van der Waals surface area contributed by atoms with Crippen LogP contribution >= 0.6 is 0 Å². The Morgan fingerprint density at radius 3 is 2.42 bits per heavy atom. The highest BCUT2D eigenvalue weighted by Gasteiger charge is 2.13. The molecule has 1 aromatic rings. The van der Waals surface area contributed by atoms with E-state index in [0.717, 1.165) is 12.7 Å². The first-order valence-electron chi connectivity index (χ1n) is 2.59. The number of nitrogens with two attached hydrogens (primary N) is 1. The van der Waals surface area contributed by atoms with Crippen molar-refractivity contribution in [2.45, 2.75) is 0 Å². The van der Waals surface area contributed by atoms with Crippen molar-refractivity contribution < 1.29 is 16.9 Å². The van der Waals surface area contributed by atoms with Gasteiger partial charge in [0.2, 0.25) is 0 Å². The lowest BCUT2D eigenvalue weighted by atomic mass is 11.0. The summed E-state index contributed by atoms with van der Waals surface area (Å²) in [5.74, 6) is 4.37. The van der Waals surface area contributed by atoms with Crippen LogP contribution in [0.25, 0.3) is 0 Å². The lowest BCUT2D eigenvalue weighted by Gasteiger charge is -1.98. The van der Waals surface area contributed by atoms with Crippen LogP contribution in [-0.2, 0) is 14.7 Å². The Labute approximate surface area is 67.7 Å². The van der Waals surface area contributed by atoms with Gasteiger partial charge in [-0.1, -0.05) is 0 Å². The van der Waals surface area contributed by atoms with Gasteiger partial charge in [0.25, 0.3) is 0 Å². The zero-order valence-electron chi connectivity index (χ0n) is 5.61. The molecule has 0 atom stereocenters. The molecule has 0 aliphatic rings. The fourth-order valence-electron chi connectivity index (χ4n) is 0.383. The second-order valence-electron chi connectivity index (χ2n) is 1.51. The van der Waals surface area contributed by atoms with Gasteiger partial charge in [-0.2, -0.15) is 28.6 Å². The van der Waals surface area contributed by atoms with E-state index in [9.17, 15) is 8.42 Å². The van der Waals surface area contributed by atoms with Crippen molar-refractivity contribution in [3.8, 4) is 6.01 Å². The minimum Gasteiger partial charge on any atom is -0.321 e. The molecule has 0 aliphatic heterocycles. The third-order valence-electron chi connectivity index (χ3n) is 0.764. The van der Waals surface area contributed by atoms with Crippen LogP contribution in [0.3, 0.4) is 0 Å². The molecule has 8 nitrogen and oxygen atoms in total. The van der Waals surface area contributed by atoms with Crippen LogP contribution in [0.1, 0.15) is 0 Å². The average molecular weight is 192 g/mol. The van der Waals surface area contributed by atoms with Gasteiger partial charge in [-0.15, -0.1) is 0 Å². The van der Waals surface area contributed by atoms with Gasteiger partial charge < -0.3 is 4.18 Å². The quantitative estimate of drug-likeness (QED) is 0.568. The van der Waals surface area contributed by atoms with Crippen LogP contribution in [0, 0.1) is 0 Å². The Hall–Kier alpha value is -1.32. The number of rotatable bonds is 3. The van der Waals surface area contributed by atoms with Gasteiger partial charge in [0.15, 0.2) is 0 Å². The summed E-state index contributed by atoms with van der Waals surface area (Å²) in [4.78, 5) is 10.1. The molecule has 0 aromatic carbocycles. The molecule has 0 saturated carbocycles. The number of hydrogen-bond acceptors (Lipinski definition) is 8. The van der Waals surface area contributed by atoms with Gasteiger partial charge in [-0.3, -0.25) is 0 Å². The minimum atomic E-state index is -4.25. The lowest BCUT2D eigenvalue weighted by molar-refractivity contribution is 0.277. The Bertz CT molecular complexity index is 337. The fraction of sp³-hybridized carbons (Fsp3) is 0. The monoisotopic (exact) mass is 192 g/mol. The molecule has 1 heterocycles. The van der Waals surface area contributed by atoms with Crippen molar-refractivity contribution in [3.05, 3.63) is 12.7 Å². The van der Waals surface area contributed by atoms with Gasteiger partial charge in [-0.05, 0) is 0 Å². The summed E-state index contributed by atoms with van der Waals surface area (Å²) in [6.07, 6.45) is 2.13. The first-order chi connectivity index (χ1) is 5.64. The van der Waals surface area contributed by atoms with Crippen molar-refractivity contribution >= 4 is 10.4 Å². The topological polar surface area (TPSA) is 117 Å². The molecule has 0 fully saturated rings. The molecule has 2 N–H and O–H groups in total. The molecule has 12 heavy (non-hydrogen) atoms. The summed E-state index contributed by atoms with van der Waals surface area (Å²) < 4.78 is 28.6. The van der Waals surface area contributed by atoms with Crippen molar-refractivity contribution in [1.29, 1.82) is 0 Å². The van der Waals surface area contributed by atoms with Gasteiger partial charge >= 0.3 is 16.4 Å². The molecule has 0 aliphatic carbocycles. The molecule has 1 rings (SSSR count). The van der Waals surface area contributed by atoms with Gasteiger partial charge in [-0.25, -0.2) is 4.98 Å². The van der Waals surface area contributed by atoms with E-state index in [0.29, 0.717) is 0 Å². The third kappa shape index (κ3) is 2.38. The van der Waals surface area contributed by atoms with E-state index in [1.165, 1.54) is 0 Å². The molecule has 66 valence electrons. The maximum absolute atomic E-state index is 10.5. The largest absolute Gasteiger partial charge is 0.468 e. The summed E-state index contributed by atoms with van der Waals surface area (Å²) >= 11 is 0. The molecule has 0 unspecified atom stereocenters. The predicted molar refractivity (Wildman–Crippen MR) is 34.6 cm³/mol. The van der Waals surface area contributed by atoms with E-state index in [1.807, 2.05) is 0 Å². The second kappa shape index (κ2) is 3.38. The normalized spacial score (nSPS) is 11.1. The second-order valence-corrected chi connectivity index (χ2v) is 2.68. The van der Waals surface area contributed by atoms with Crippen LogP contribution < -0.4 is 10.1 Å². The summed E-state index contributed by atoms with van der Waals surface area (Å²) in [5.41, 5.74) is 0. The Morgan fingerprint density at radius 1 is 1.33 bits per heavy atom.